The molecule has 4 nitrogen and oxygen atoms in total. The molecule has 0 radical (unpaired) electrons. The molecule has 3 aliphatic rings. The Kier molecular flexibility index (Phi) is 2.27. The van der Waals surface area contributed by atoms with E-state index in [2.05, 4.69) is 9.80 Å². The molecule has 0 aliphatic carbocycles. The Labute approximate surface area is 89.6 Å². The lowest BCUT2D eigenvalue weighted by Gasteiger charge is -2.49. The van der Waals surface area contributed by atoms with Gasteiger partial charge in [-0.3, -0.25) is 9.80 Å². The van der Waals surface area contributed by atoms with Crippen LogP contribution in [0.25, 0.3) is 0 Å². The lowest BCUT2D eigenvalue weighted by atomic mass is 9.99. The van der Waals surface area contributed by atoms with Crippen LogP contribution in [0.4, 0.5) is 0 Å². The number of nitrogens with two attached hydrogens (primary N) is 1. The number of nitrogens with zero attached hydrogens (tertiary/aromatic N) is 2. The van der Waals surface area contributed by atoms with Gasteiger partial charge in [-0.1, -0.05) is 0 Å². The van der Waals surface area contributed by atoms with Gasteiger partial charge in [-0.2, -0.15) is 0 Å². The highest BCUT2D eigenvalue weighted by Crippen LogP contribution is 2.25. The van der Waals surface area contributed by atoms with E-state index in [1.54, 1.807) is 6.26 Å². The maximum absolute atomic E-state index is 6.24. The summed E-state index contributed by atoms with van der Waals surface area (Å²) in [6, 6.07) is 4.33. The molecule has 0 amide bonds. The van der Waals surface area contributed by atoms with Crippen molar-refractivity contribution in [2.75, 3.05) is 32.7 Å². The molecular weight excluding hydrogens is 190 g/mol. The minimum Gasteiger partial charge on any atom is -0.468 e. The Bertz CT molecular complexity index is 317. The zero-order chi connectivity index (χ0) is 10.3. The van der Waals surface area contributed by atoms with E-state index in [0.717, 1.165) is 25.4 Å². The molecule has 2 atom stereocenters. The van der Waals surface area contributed by atoms with Crippen molar-refractivity contribution in [3.63, 3.8) is 0 Å². The first kappa shape index (κ1) is 9.39. The summed E-state index contributed by atoms with van der Waals surface area (Å²) in [6.07, 6.45) is 1.70. The van der Waals surface area contributed by atoms with E-state index < -0.39 is 0 Å². The minimum absolute atomic E-state index is 0.0168. The van der Waals surface area contributed by atoms with Gasteiger partial charge >= 0.3 is 0 Å². The van der Waals surface area contributed by atoms with E-state index in [-0.39, 0.29) is 6.04 Å². The second-order valence-corrected chi connectivity index (χ2v) is 4.45. The summed E-state index contributed by atoms with van der Waals surface area (Å²) < 4.78 is 5.39. The van der Waals surface area contributed by atoms with Crippen molar-refractivity contribution in [1.82, 2.24) is 9.80 Å². The van der Waals surface area contributed by atoms with E-state index in [4.69, 9.17) is 10.2 Å². The maximum Gasteiger partial charge on any atom is 0.122 e. The second kappa shape index (κ2) is 3.63. The van der Waals surface area contributed by atoms with Gasteiger partial charge in [0.2, 0.25) is 0 Å². The Hall–Kier alpha value is -0.840. The predicted octanol–water partition coefficient (Wildman–Crippen LogP) is 0.279. The Balaban J connectivity index is 1.77. The number of piperazine rings is 3. The van der Waals surface area contributed by atoms with E-state index in [9.17, 15) is 0 Å². The van der Waals surface area contributed by atoms with Gasteiger partial charge in [0, 0.05) is 38.8 Å². The van der Waals surface area contributed by atoms with Crippen LogP contribution < -0.4 is 5.73 Å². The number of hydrogen-bond acceptors (Lipinski definition) is 4. The van der Waals surface area contributed by atoms with Crippen molar-refractivity contribution >= 4 is 0 Å². The molecule has 2 bridgehead atoms. The van der Waals surface area contributed by atoms with E-state index in [1.165, 1.54) is 13.1 Å². The van der Waals surface area contributed by atoms with Gasteiger partial charge < -0.3 is 10.2 Å². The summed E-state index contributed by atoms with van der Waals surface area (Å²) in [5.41, 5.74) is 6.24. The molecule has 3 fully saturated rings. The van der Waals surface area contributed by atoms with Crippen LogP contribution in [0.2, 0.25) is 0 Å². The molecule has 4 heterocycles. The molecule has 4 heteroatoms. The monoisotopic (exact) mass is 207 g/mol. The Morgan fingerprint density at radius 3 is 2.67 bits per heavy atom. The minimum atomic E-state index is 0.0168. The Morgan fingerprint density at radius 2 is 2.13 bits per heavy atom. The standard InChI is InChI=1S/C11H17N3O/c12-11(10-2-1-7-15-10)9-8-13-3-5-14(9)6-4-13/h1-2,7,9,11H,3-6,8,12H2. The molecule has 1 aromatic heterocycles. The molecule has 2 N–H and O–H groups in total. The molecule has 2 unspecified atom stereocenters. The Morgan fingerprint density at radius 1 is 1.33 bits per heavy atom. The summed E-state index contributed by atoms with van der Waals surface area (Å²) in [7, 11) is 0. The van der Waals surface area contributed by atoms with Gasteiger partial charge in [0.15, 0.2) is 0 Å². The van der Waals surface area contributed by atoms with Crippen LogP contribution in [-0.4, -0.2) is 48.6 Å². The summed E-state index contributed by atoms with van der Waals surface area (Å²) in [4.78, 5) is 4.99. The number of hydrogen-bond donors (Lipinski definition) is 1. The van der Waals surface area contributed by atoms with Crippen molar-refractivity contribution < 1.29 is 4.42 Å². The molecule has 0 aromatic carbocycles. The van der Waals surface area contributed by atoms with E-state index in [0.29, 0.717) is 6.04 Å². The van der Waals surface area contributed by atoms with Crippen molar-refractivity contribution in [2.24, 2.45) is 5.73 Å². The number of rotatable bonds is 2. The van der Waals surface area contributed by atoms with Gasteiger partial charge in [-0.25, -0.2) is 0 Å². The molecule has 0 spiro atoms. The average molecular weight is 207 g/mol. The smallest absolute Gasteiger partial charge is 0.122 e. The zero-order valence-electron chi connectivity index (χ0n) is 8.80. The third-order valence-corrected chi connectivity index (χ3v) is 3.61. The van der Waals surface area contributed by atoms with Gasteiger partial charge in [0.25, 0.3) is 0 Å². The fourth-order valence-corrected chi connectivity index (χ4v) is 2.67. The van der Waals surface area contributed by atoms with Crippen molar-refractivity contribution in [3.05, 3.63) is 24.2 Å². The third kappa shape index (κ3) is 1.58. The lowest BCUT2D eigenvalue weighted by Crippen LogP contribution is -2.63. The summed E-state index contributed by atoms with van der Waals surface area (Å²) in [5, 5.41) is 0. The van der Waals surface area contributed by atoms with Crippen LogP contribution in [0.5, 0.6) is 0 Å². The zero-order valence-corrected chi connectivity index (χ0v) is 8.80. The molecule has 4 rings (SSSR count). The summed E-state index contributed by atoms with van der Waals surface area (Å²) in [5.74, 6) is 0.911. The fourth-order valence-electron chi connectivity index (χ4n) is 2.67. The molecule has 0 saturated carbocycles. The molecule has 15 heavy (non-hydrogen) atoms. The van der Waals surface area contributed by atoms with Crippen LogP contribution in [0, 0.1) is 0 Å². The predicted molar refractivity (Wildman–Crippen MR) is 57.4 cm³/mol. The molecule has 82 valence electrons. The van der Waals surface area contributed by atoms with Gasteiger partial charge in [-0.15, -0.1) is 0 Å². The first-order valence-electron chi connectivity index (χ1n) is 5.60. The van der Waals surface area contributed by atoms with E-state index in [1.807, 2.05) is 12.1 Å². The topological polar surface area (TPSA) is 45.6 Å². The van der Waals surface area contributed by atoms with Crippen LogP contribution >= 0.6 is 0 Å². The molecule has 3 saturated heterocycles. The number of furan rings is 1. The first-order chi connectivity index (χ1) is 7.34. The molecular formula is C11H17N3O. The van der Waals surface area contributed by atoms with Crippen molar-refractivity contribution in [2.45, 2.75) is 12.1 Å². The molecule has 1 aromatic rings. The average Bonchev–Trinajstić information content (AvgIpc) is 2.83. The molecule has 3 aliphatic heterocycles. The second-order valence-electron chi connectivity index (χ2n) is 4.45. The SMILES string of the molecule is NC(c1ccco1)C1CN2CCN1CC2. The van der Waals surface area contributed by atoms with Crippen LogP contribution in [0.15, 0.2) is 22.8 Å². The quantitative estimate of drug-likeness (QED) is 0.756. The lowest BCUT2D eigenvalue weighted by molar-refractivity contribution is -0.000627. The fraction of sp³-hybridized carbons (Fsp3) is 0.636. The highest BCUT2D eigenvalue weighted by molar-refractivity contribution is 5.09. The highest BCUT2D eigenvalue weighted by atomic mass is 16.3. The highest BCUT2D eigenvalue weighted by Gasteiger charge is 2.36. The first-order valence-corrected chi connectivity index (χ1v) is 5.60. The maximum atomic E-state index is 6.24. The van der Waals surface area contributed by atoms with Gasteiger partial charge in [-0.05, 0) is 12.1 Å². The van der Waals surface area contributed by atoms with Crippen LogP contribution in [0.3, 0.4) is 0 Å². The normalized spacial score (nSPS) is 36.7. The number of fused-ring (bicyclic) bond motifs is 3. The van der Waals surface area contributed by atoms with Gasteiger partial charge in [0.05, 0.1) is 12.3 Å². The van der Waals surface area contributed by atoms with Gasteiger partial charge in [0.1, 0.15) is 5.76 Å². The van der Waals surface area contributed by atoms with Crippen molar-refractivity contribution in [3.8, 4) is 0 Å². The van der Waals surface area contributed by atoms with Crippen LogP contribution in [0.1, 0.15) is 11.8 Å². The van der Waals surface area contributed by atoms with E-state index >= 15 is 0 Å². The van der Waals surface area contributed by atoms with Crippen LogP contribution in [-0.2, 0) is 0 Å². The third-order valence-electron chi connectivity index (χ3n) is 3.61. The largest absolute Gasteiger partial charge is 0.468 e. The summed E-state index contributed by atoms with van der Waals surface area (Å²) >= 11 is 0. The van der Waals surface area contributed by atoms with Crippen molar-refractivity contribution in [1.29, 1.82) is 0 Å². The summed E-state index contributed by atoms with van der Waals surface area (Å²) in [6.45, 7) is 5.78.